The molecule has 1 rings (SSSR count). The molecule has 0 saturated carbocycles. The molecule has 1 aromatic carbocycles. The van der Waals surface area contributed by atoms with Gasteiger partial charge in [0.2, 0.25) is 0 Å². The maximum Gasteiger partial charge on any atom is 0.101 e. The van der Waals surface area contributed by atoms with E-state index in [1.165, 1.54) is 0 Å². The van der Waals surface area contributed by atoms with Gasteiger partial charge in [-0.3, -0.25) is 0 Å². The normalized spacial score (nSPS) is 12.2. The smallest absolute Gasteiger partial charge is 0.101 e. The third-order valence-electron chi connectivity index (χ3n) is 2.95. The topological polar surface area (TPSA) is 56.3 Å². The summed E-state index contributed by atoms with van der Waals surface area (Å²) in [6.07, 6.45) is 0. The molecular formula is C14H22N4. The van der Waals surface area contributed by atoms with Crippen molar-refractivity contribution in [3.05, 3.63) is 23.8 Å². The standard InChI is InChI=1S/C14H22N4/c1-5-18(11(2)10-17(3)4)14-7-6-13(16)8-12(14)9-15/h6-8,11H,5,10,16H2,1-4H3. The Kier molecular flexibility index (Phi) is 4.99. The molecule has 0 heterocycles. The van der Waals surface area contributed by atoms with Crippen LogP contribution in [0.5, 0.6) is 0 Å². The van der Waals surface area contributed by atoms with Crippen LogP contribution >= 0.6 is 0 Å². The van der Waals surface area contributed by atoms with Gasteiger partial charge < -0.3 is 15.5 Å². The molecule has 1 aromatic rings. The maximum absolute atomic E-state index is 9.21. The van der Waals surface area contributed by atoms with E-state index in [1.807, 2.05) is 12.1 Å². The lowest BCUT2D eigenvalue weighted by atomic mass is 10.1. The minimum absolute atomic E-state index is 0.348. The fourth-order valence-corrected chi connectivity index (χ4v) is 2.24. The maximum atomic E-state index is 9.21. The molecule has 2 N–H and O–H groups in total. The lowest BCUT2D eigenvalue weighted by molar-refractivity contribution is 0.373. The van der Waals surface area contributed by atoms with E-state index >= 15 is 0 Å². The Hall–Kier alpha value is -1.73. The van der Waals surface area contributed by atoms with Gasteiger partial charge in [0.05, 0.1) is 11.3 Å². The fraction of sp³-hybridized carbons (Fsp3) is 0.500. The Morgan fingerprint density at radius 1 is 1.39 bits per heavy atom. The van der Waals surface area contributed by atoms with Crippen LogP contribution in [0.15, 0.2) is 18.2 Å². The molecule has 0 fully saturated rings. The minimum atomic E-state index is 0.348. The average Bonchev–Trinajstić information content (AvgIpc) is 2.30. The van der Waals surface area contributed by atoms with E-state index in [1.54, 1.807) is 6.07 Å². The molecule has 0 radical (unpaired) electrons. The molecule has 4 heteroatoms. The van der Waals surface area contributed by atoms with Crippen LogP contribution in [-0.2, 0) is 0 Å². The molecule has 1 atom stereocenters. The lowest BCUT2D eigenvalue weighted by Crippen LogP contribution is -2.40. The first-order chi connectivity index (χ1) is 8.49. The van der Waals surface area contributed by atoms with Crippen molar-refractivity contribution in [2.24, 2.45) is 0 Å². The van der Waals surface area contributed by atoms with Crippen LogP contribution in [0, 0.1) is 11.3 Å². The zero-order valence-electron chi connectivity index (χ0n) is 11.6. The van der Waals surface area contributed by atoms with Gasteiger partial charge in [0.15, 0.2) is 0 Å². The fourth-order valence-electron chi connectivity index (χ4n) is 2.24. The van der Waals surface area contributed by atoms with Gasteiger partial charge in [0.25, 0.3) is 0 Å². The number of nitrogens with zero attached hydrogens (tertiary/aromatic N) is 3. The molecule has 0 aromatic heterocycles. The number of likely N-dealkylation sites (N-methyl/N-ethyl adjacent to an activating group) is 2. The van der Waals surface area contributed by atoms with E-state index in [9.17, 15) is 5.26 Å². The summed E-state index contributed by atoms with van der Waals surface area (Å²) in [4.78, 5) is 4.38. The van der Waals surface area contributed by atoms with Crippen molar-refractivity contribution in [3.63, 3.8) is 0 Å². The molecular weight excluding hydrogens is 224 g/mol. The predicted molar refractivity (Wildman–Crippen MR) is 76.6 cm³/mol. The molecule has 18 heavy (non-hydrogen) atoms. The third-order valence-corrected chi connectivity index (χ3v) is 2.95. The van der Waals surface area contributed by atoms with Crippen molar-refractivity contribution < 1.29 is 0 Å². The Labute approximate surface area is 110 Å². The number of nitrogens with two attached hydrogens (primary N) is 1. The van der Waals surface area contributed by atoms with Gasteiger partial charge in [-0.2, -0.15) is 5.26 Å². The summed E-state index contributed by atoms with van der Waals surface area (Å²) in [5.74, 6) is 0. The van der Waals surface area contributed by atoms with Crippen molar-refractivity contribution in [3.8, 4) is 6.07 Å². The molecule has 0 saturated heterocycles. The van der Waals surface area contributed by atoms with Crippen molar-refractivity contribution in [2.75, 3.05) is 37.8 Å². The number of nitriles is 1. The second-order valence-electron chi connectivity index (χ2n) is 4.79. The molecule has 98 valence electrons. The van der Waals surface area contributed by atoms with Gasteiger partial charge in [-0.05, 0) is 46.1 Å². The summed E-state index contributed by atoms with van der Waals surface area (Å²) < 4.78 is 0. The Bertz CT molecular complexity index is 434. The lowest BCUT2D eigenvalue weighted by Gasteiger charge is -2.32. The second-order valence-corrected chi connectivity index (χ2v) is 4.79. The van der Waals surface area contributed by atoms with E-state index in [0.717, 1.165) is 18.8 Å². The second kappa shape index (κ2) is 6.27. The number of hydrogen-bond donors (Lipinski definition) is 1. The molecule has 0 aliphatic rings. The average molecular weight is 246 g/mol. The molecule has 4 nitrogen and oxygen atoms in total. The quantitative estimate of drug-likeness (QED) is 0.806. The van der Waals surface area contributed by atoms with E-state index in [2.05, 4.69) is 43.8 Å². The Morgan fingerprint density at radius 3 is 2.56 bits per heavy atom. The summed E-state index contributed by atoms with van der Waals surface area (Å²) in [6, 6.07) is 8.09. The summed E-state index contributed by atoms with van der Waals surface area (Å²) in [5, 5.41) is 9.21. The van der Waals surface area contributed by atoms with Gasteiger partial charge in [0, 0.05) is 24.8 Å². The molecule has 0 bridgehead atoms. The Morgan fingerprint density at radius 2 is 2.06 bits per heavy atom. The minimum Gasteiger partial charge on any atom is -0.399 e. The number of anilines is 2. The van der Waals surface area contributed by atoms with Crippen molar-refractivity contribution in [1.82, 2.24) is 4.90 Å². The van der Waals surface area contributed by atoms with E-state index in [0.29, 0.717) is 17.3 Å². The third kappa shape index (κ3) is 3.38. The van der Waals surface area contributed by atoms with Gasteiger partial charge in [-0.1, -0.05) is 0 Å². The molecule has 0 aliphatic carbocycles. The number of rotatable bonds is 5. The van der Waals surface area contributed by atoms with Gasteiger partial charge in [-0.25, -0.2) is 0 Å². The highest BCUT2D eigenvalue weighted by Crippen LogP contribution is 2.24. The first-order valence-corrected chi connectivity index (χ1v) is 6.20. The van der Waals surface area contributed by atoms with Gasteiger partial charge >= 0.3 is 0 Å². The first-order valence-electron chi connectivity index (χ1n) is 6.20. The zero-order valence-corrected chi connectivity index (χ0v) is 11.6. The van der Waals surface area contributed by atoms with Crippen LogP contribution in [-0.4, -0.2) is 38.1 Å². The number of benzene rings is 1. The monoisotopic (exact) mass is 246 g/mol. The van der Waals surface area contributed by atoms with Crippen LogP contribution in [0.25, 0.3) is 0 Å². The molecule has 1 unspecified atom stereocenters. The summed E-state index contributed by atoms with van der Waals surface area (Å²) in [5.41, 5.74) is 7.96. The summed E-state index contributed by atoms with van der Waals surface area (Å²) >= 11 is 0. The number of nitrogen functional groups attached to an aromatic ring is 1. The highest BCUT2D eigenvalue weighted by molar-refractivity contribution is 5.64. The molecule has 0 aliphatic heterocycles. The summed E-state index contributed by atoms with van der Waals surface area (Å²) in [6.45, 7) is 6.08. The van der Waals surface area contributed by atoms with Crippen molar-refractivity contribution >= 4 is 11.4 Å². The van der Waals surface area contributed by atoms with Gasteiger partial charge in [0.1, 0.15) is 6.07 Å². The van der Waals surface area contributed by atoms with Crippen LogP contribution in [0.1, 0.15) is 19.4 Å². The van der Waals surface area contributed by atoms with Crippen molar-refractivity contribution in [1.29, 1.82) is 5.26 Å². The van der Waals surface area contributed by atoms with Crippen molar-refractivity contribution in [2.45, 2.75) is 19.9 Å². The summed E-state index contributed by atoms with van der Waals surface area (Å²) in [7, 11) is 4.11. The van der Waals surface area contributed by atoms with E-state index in [-0.39, 0.29) is 0 Å². The SMILES string of the molecule is CCN(c1ccc(N)cc1C#N)C(C)CN(C)C. The van der Waals surface area contributed by atoms with E-state index < -0.39 is 0 Å². The molecule has 0 spiro atoms. The predicted octanol–water partition coefficient (Wildman–Crippen LogP) is 1.92. The van der Waals surface area contributed by atoms with Crippen LogP contribution in [0.2, 0.25) is 0 Å². The van der Waals surface area contributed by atoms with Crippen LogP contribution in [0.4, 0.5) is 11.4 Å². The first kappa shape index (κ1) is 14.3. The Balaban J connectivity index is 3.05. The molecule has 0 amide bonds. The van der Waals surface area contributed by atoms with E-state index in [4.69, 9.17) is 5.73 Å². The highest BCUT2D eigenvalue weighted by atomic mass is 15.2. The highest BCUT2D eigenvalue weighted by Gasteiger charge is 2.16. The van der Waals surface area contributed by atoms with Crippen LogP contribution in [0.3, 0.4) is 0 Å². The number of hydrogen-bond acceptors (Lipinski definition) is 4. The largest absolute Gasteiger partial charge is 0.399 e. The van der Waals surface area contributed by atoms with Crippen LogP contribution < -0.4 is 10.6 Å². The van der Waals surface area contributed by atoms with Gasteiger partial charge in [-0.15, -0.1) is 0 Å². The zero-order chi connectivity index (χ0) is 13.7.